The summed E-state index contributed by atoms with van der Waals surface area (Å²) in [7, 11) is -3.68. The SMILES string of the molecule is CS(=O)(=O)NC(=O)c1ccc(-c2cccnc2)n1Cc1cccc2ccccc12. The molecule has 0 radical (unpaired) electrons. The molecule has 6 nitrogen and oxygen atoms in total. The Morgan fingerprint density at radius 3 is 2.55 bits per heavy atom. The number of amides is 1. The second-order valence-corrected chi connectivity index (χ2v) is 8.52. The summed E-state index contributed by atoms with van der Waals surface area (Å²) in [5, 5.41) is 2.18. The fourth-order valence-corrected chi connectivity index (χ4v) is 3.87. The molecular weight excluding hydrogens is 386 g/mol. The molecule has 4 rings (SSSR count). The lowest BCUT2D eigenvalue weighted by Crippen LogP contribution is -2.31. The molecular formula is C22H19N3O3S. The highest BCUT2D eigenvalue weighted by molar-refractivity contribution is 7.89. The highest BCUT2D eigenvalue weighted by atomic mass is 32.2. The van der Waals surface area contributed by atoms with Gasteiger partial charge in [-0.3, -0.25) is 9.78 Å². The van der Waals surface area contributed by atoms with Crippen molar-refractivity contribution in [3.05, 3.63) is 90.4 Å². The van der Waals surface area contributed by atoms with E-state index in [-0.39, 0.29) is 5.69 Å². The lowest BCUT2D eigenvalue weighted by atomic mass is 10.0. The van der Waals surface area contributed by atoms with Gasteiger partial charge in [-0.25, -0.2) is 13.1 Å². The van der Waals surface area contributed by atoms with Crippen LogP contribution in [0.3, 0.4) is 0 Å². The summed E-state index contributed by atoms with van der Waals surface area (Å²) in [5.74, 6) is -0.664. The standard InChI is InChI=1S/C22H19N3O3S/c1-29(27,28)24-22(26)21-12-11-20(17-9-5-13-23-14-17)25(21)15-18-8-4-7-16-6-2-3-10-19(16)18/h2-14H,15H2,1H3,(H,24,26). The van der Waals surface area contributed by atoms with Crippen LogP contribution < -0.4 is 4.72 Å². The number of hydrogen-bond donors (Lipinski definition) is 1. The van der Waals surface area contributed by atoms with Crippen LogP contribution in [0.25, 0.3) is 22.0 Å². The Morgan fingerprint density at radius 2 is 1.79 bits per heavy atom. The third-order valence-electron chi connectivity index (χ3n) is 4.66. The Labute approximate surface area is 168 Å². The number of nitrogens with one attached hydrogen (secondary N) is 1. The molecule has 0 saturated heterocycles. The third-order valence-corrected chi connectivity index (χ3v) is 5.21. The summed E-state index contributed by atoms with van der Waals surface area (Å²) in [5.41, 5.74) is 2.91. The van der Waals surface area contributed by atoms with Crippen molar-refractivity contribution in [2.45, 2.75) is 6.54 Å². The van der Waals surface area contributed by atoms with Crippen molar-refractivity contribution in [2.24, 2.45) is 0 Å². The van der Waals surface area contributed by atoms with Gasteiger partial charge in [-0.15, -0.1) is 0 Å². The molecule has 0 aliphatic carbocycles. The summed E-state index contributed by atoms with van der Waals surface area (Å²) in [4.78, 5) is 16.8. The molecule has 1 N–H and O–H groups in total. The second kappa shape index (κ2) is 7.52. The summed E-state index contributed by atoms with van der Waals surface area (Å²) < 4.78 is 27.0. The molecule has 146 valence electrons. The van der Waals surface area contributed by atoms with Crippen LogP contribution in [0.4, 0.5) is 0 Å². The van der Waals surface area contributed by atoms with Gasteiger partial charge in [-0.05, 0) is 40.6 Å². The number of fused-ring (bicyclic) bond motifs is 1. The first-order valence-electron chi connectivity index (χ1n) is 9.01. The Bertz CT molecular complexity index is 1290. The molecule has 0 atom stereocenters. The summed E-state index contributed by atoms with van der Waals surface area (Å²) in [6.07, 6.45) is 4.36. The first-order chi connectivity index (χ1) is 13.9. The van der Waals surface area contributed by atoms with Crippen LogP contribution in [-0.4, -0.2) is 30.1 Å². The topological polar surface area (TPSA) is 81.1 Å². The number of carbonyl (C=O) groups is 1. The molecule has 0 unspecified atom stereocenters. The monoisotopic (exact) mass is 405 g/mol. The van der Waals surface area contributed by atoms with Crippen molar-refractivity contribution in [3.63, 3.8) is 0 Å². The van der Waals surface area contributed by atoms with E-state index >= 15 is 0 Å². The molecule has 0 spiro atoms. The van der Waals surface area contributed by atoms with Crippen molar-refractivity contribution < 1.29 is 13.2 Å². The van der Waals surface area contributed by atoms with Crippen molar-refractivity contribution in [3.8, 4) is 11.3 Å². The van der Waals surface area contributed by atoms with Gasteiger partial charge in [0.15, 0.2) is 0 Å². The minimum absolute atomic E-state index is 0.266. The maximum atomic E-state index is 12.7. The van der Waals surface area contributed by atoms with Gasteiger partial charge in [0.25, 0.3) is 5.91 Å². The fraction of sp³-hybridized carbons (Fsp3) is 0.0909. The zero-order chi connectivity index (χ0) is 20.4. The molecule has 7 heteroatoms. The highest BCUT2D eigenvalue weighted by Gasteiger charge is 2.19. The first kappa shape index (κ1) is 18.9. The van der Waals surface area contributed by atoms with E-state index in [1.807, 2.05) is 59.2 Å². The van der Waals surface area contributed by atoms with Crippen molar-refractivity contribution in [1.82, 2.24) is 14.3 Å². The molecule has 0 fully saturated rings. The molecule has 4 aromatic rings. The molecule has 2 aromatic carbocycles. The van der Waals surface area contributed by atoms with Gasteiger partial charge >= 0.3 is 0 Å². The molecule has 2 heterocycles. The number of nitrogens with zero attached hydrogens (tertiary/aromatic N) is 2. The molecule has 1 amide bonds. The lowest BCUT2D eigenvalue weighted by molar-refractivity contribution is 0.0973. The number of benzene rings is 2. The average Bonchev–Trinajstić information content (AvgIpc) is 3.11. The van der Waals surface area contributed by atoms with Crippen molar-refractivity contribution in [1.29, 1.82) is 0 Å². The summed E-state index contributed by atoms with van der Waals surface area (Å²) in [6.45, 7) is 0.408. The smallest absolute Gasteiger partial charge is 0.281 e. The largest absolute Gasteiger partial charge is 0.332 e. The van der Waals surface area contributed by atoms with Crippen LogP contribution in [0.5, 0.6) is 0 Å². The Morgan fingerprint density at radius 1 is 1.00 bits per heavy atom. The predicted octanol–water partition coefficient (Wildman–Crippen LogP) is 3.44. The fourth-order valence-electron chi connectivity index (χ4n) is 3.42. The molecule has 29 heavy (non-hydrogen) atoms. The van der Waals surface area contributed by atoms with E-state index in [0.29, 0.717) is 6.54 Å². The normalized spacial score (nSPS) is 11.5. The molecule has 0 saturated carbocycles. The van der Waals surface area contributed by atoms with Crippen LogP contribution in [0, 0.1) is 0 Å². The van der Waals surface area contributed by atoms with Gasteiger partial charge in [-0.2, -0.15) is 0 Å². The zero-order valence-electron chi connectivity index (χ0n) is 15.7. The average molecular weight is 405 g/mol. The van der Waals surface area contributed by atoms with Crippen LogP contribution in [0.15, 0.2) is 79.1 Å². The van der Waals surface area contributed by atoms with Crippen LogP contribution in [-0.2, 0) is 16.6 Å². The van der Waals surface area contributed by atoms with E-state index in [1.54, 1.807) is 24.5 Å². The number of rotatable bonds is 5. The van der Waals surface area contributed by atoms with Gasteiger partial charge in [0.2, 0.25) is 10.0 Å². The first-order valence-corrected chi connectivity index (χ1v) is 10.9. The second-order valence-electron chi connectivity index (χ2n) is 6.77. The quantitative estimate of drug-likeness (QED) is 0.551. The minimum Gasteiger partial charge on any atom is -0.332 e. The number of pyridine rings is 1. The maximum Gasteiger partial charge on any atom is 0.281 e. The van der Waals surface area contributed by atoms with Crippen molar-refractivity contribution in [2.75, 3.05) is 6.26 Å². The predicted molar refractivity (Wildman–Crippen MR) is 113 cm³/mol. The molecule has 0 aliphatic heterocycles. The number of aromatic nitrogens is 2. The van der Waals surface area contributed by atoms with E-state index < -0.39 is 15.9 Å². The highest BCUT2D eigenvalue weighted by Crippen LogP contribution is 2.26. The van der Waals surface area contributed by atoms with Gasteiger partial charge in [0.1, 0.15) is 5.69 Å². The Balaban J connectivity index is 1.85. The zero-order valence-corrected chi connectivity index (χ0v) is 16.6. The van der Waals surface area contributed by atoms with Crippen molar-refractivity contribution >= 4 is 26.7 Å². The lowest BCUT2D eigenvalue weighted by Gasteiger charge is -2.15. The summed E-state index contributed by atoms with van der Waals surface area (Å²) >= 11 is 0. The van der Waals surface area contributed by atoms with Crippen LogP contribution in [0.2, 0.25) is 0 Å². The molecule has 0 aliphatic rings. The van der Waals surface area contributed by atoms with Gasteiger partial charge < -0.3 is 4.57 Å². The van der Waals surface area contributed by atoms with Crippen LogP contribution >= 0.6 is 0 Å². The van der Waals surface area contributed by atoms with Crippen LogP contribution in [0.1, 0.15) is 16.1 Å². The summed E-state index contributed by atoms with van der Waals surface area (Å²) in [6, 6.07) is 21.2. The maximum absolute atomic E-state index is 12.7. The van der Waals surface area contributed by atoms with E-state index in [0.717, 1.165) is 33.8 Å². The van der Waals surface area contributed by atoms with E-state index in [9.17, 15) is 13.2 Å². The van der Waals surface area contributed by atoms with Gasteiger partial charge in [-0.1, -0.05) is 42.5 Å². The van der Waals surface area contributed by atoms with E-state index in [4.69, 9.17) is 0 Å². The van der Waals surface area contributed by atoms with Gasteiger partial charge in [0, 0.05) is 24.5 Å². The number of sulfonamides is 1. The van der Waals surface area contributed by atoms with Gasteiger partial charge in [0.05, 0.1) is 11.9 Å². The van der Waals surface area contributed by atoms with E-state index in [1.165, 1.54) is 0 Å². The molecule has 2 aromatic heterocycles. The Kier molecular flexibility index (Phi) is 4.90. The van der Waals surface area contributed by atoms with E-state index in [2.05, 4.69) is 9.71 Å². The molecule has 0 bridgehead atoms. The Hall–Kier alpha value is -3.45. The number of carbonyl (C=O) groups excluding carboxylic acids is 1. The number of hydrogen-bond acceptors (Lipinski definition) is 4. The minimum atomic E-state index is -3.68. The third kappa shape index (κ3) is 4.05.